The van der Waals surface area contributed by atoms with Gasteiger partial charge in [-0.1, -0.05) is 12.1 Å². The number of hydrogen-bond donors (Lipinski definition) is 1. The smallest absolute Gasteiger partial charge is 0.246 e. The van der Waals surface area contributed by atoms with Crippen LogP contribution >= 0.6 is 0 Å². The summed E-state index contributed by atoms with van der Waals surface area (Å²) >= 11 is 0. The van der Waals surface area contributed by atoms with E-state index < -0.39 is 26.6 Å². The average Bonchev–Trinajstić information content (AvgIpc) is 2.41. The molecular weight excluding hydrogens is 298 g/mol. The van der Waals surface area contributed by atoms with Gasteiger partial charge in [0.1, 0.15) is 16.5 Å². The zero-order chi connectivity index (χ0) is 15.6. The van der Waals surface area contributed by atoms with Crippen LogP contribution in [0.25, 0.3) is 0 Å². The van der Waals surface area contributed by atoms with Gasteiger partial charge < -0.3 is 5.73 Å². The molecule has 2 aromatic carbocycles. The van der Waals surface area contributed by atoms with E-state index in [2.05, 4.69) is 0 Å². The van der Waals surface area contributed by atoms with Gasteiger partial charge in [-0.05, 0) is 35.9 Å². The fourth-order valence-corrected chi connectivity index (χ4v) is 3.12. The third kappa shape index (κ3) is 3.37. The molecule has 4 nitrogen and oxygen atoms in total. The summed E-state index contributed by atoms with van der Waals surface area (Å²) < 4.78 is 52.4. The summed E-state index contributed by atoms with van der Waals surface area (Å²) in [6.45, 7) is -0.0751. The Hall–Kier alpha value is -1.99. The van der Waals surface area contributed by atoms with Crippen LogP contribution in [0.15, 0.2) is 47.4 Å². The highest BCUT2D eigenvalue weighted by Crippen LogP contribution is 2.22. The molecule has 0 fully saturated rings. The Morgan fingerprint density at radius 2 is 1.86 bits per heavy atom. The van der Waals surface area contributed by atoms with Gasteiger partial charge in [0.05, 0.1) is 0 Å². The maximum absolute atomic E-state index is 13.7. The van der Waals surface area contributed by atoms with Gasteiger partial charge in [0.25, 0.3) is 0 Å². The zero-order valence-electron chi connectivity index (χ0n) is 11.3. The van der Waals surface area contributed by atoms with E-state index in [1.165, 1.54) is 31.3 Å². The molecule has 0 spiro atoms. The Balaban J connectivity index is 2.33. The van der Waals surface area contributed by atoms with Gasteiger partial charge in [0, 0.05) is 19.3 Å². The lowest BCUT2D eigenvalue weighted by atomic mass is 10.2. The first-order valence-corrected chi connectivity index (χ1v) is 7.50. The van der Waals surface area contributed by atoms with Gasteiger partial charge in [-0.3, -0.25) is 0 Å². The van der Waals surface area contributed by atoms with Crippen molar-refractivity contribution in [1.29, 1.82) is 0 Å². The minimum absolute atomic E-state index is 0.0751. The van der Waals surface area contributed by atoms with Gasteiger partial charge in [-0.25, -0.2) is 17.2 Å². The van der Waals surface area contributed by atoms with Crippen LogP contribution < -0.4 is 5.73 Å². The minimum atomic E-state index is -4.05. The van der Waals surface area contributed by atoms with E-state index in [0.29, 0.717) is 5.56 Å². The van der Waals surface area contributed by atoms with Crippen LogP contribution in [-0.2, 0) is 16.6 Å². The number of anilines is 1. The fraction of sp³-hybridized carbons (Fsp3) is 0.143. The summed E-state index contributed by atoms with van der Waals surface area (Å²) in [5.41, 5.74) is 6.11. The highest BCUT2D eigenvalue weighted by Gasteiger charge is 2.24. The van der Waals surface area contributed by atoms with Crippen molar-refractivity contribution in [1.82, 2.24) is 4.31 Å². The average molecular weight is 312 g/mol. The van der Waals surface area contributed by atoms with Crippen molar-refractivity contribution in [3.05, 3.63) is 59.7 Å². The molecule has 0 unspecified atom stereocenters. The van der Waals surface area contributed by atoms with Crippen molar-refractivity contribution in [2.45, 2.75) is 11.4 Å². The number of nitrogens with zero attached hydrogens (tertiary/aromatic N) is 1. The largest absolute Gasteiger partial charge is 0.399 e. The molecule has 21 heavy (non-hydrogen) atoms. The number of halogens is 2. The molecule has 0 bridgehead atoms. The van der Waals surface area contributed by atoms with Gasteiger partial charge in [0.2, 0.25) is 10.0 Å². The number of nitrogen functional groups attached to an aromatic ring is 1. The minimum Gasteiger partial charge on any atom is -0.399 e. The first-order valence-electron chi connectivity index (χ1n) is 6.06. The van der Waals surface area contributed by atoms with Gasteiger partial charge in [0.15, 0.2) is 0 Å². The van der Waals surface area contributed by atoms with Crippen LogP contribution in [0.1, 0.15) is 5.56 Å². The van der Waals surface area contributed by atoms with E-state index in [0.717, 1.165) is 16.4 Å². The molecule has 0 atom stereocenters. The lowest BCUT2D eigenvalue weighted by Gasteiger charge is -2.18. The van der Waals surface area contributed by atoms with Crippen molar-refractivity contribution in [2.75, 3.05) is 12.8 Å². The van der Waals surface area contributed by atoms with E-state index in [9.17, 15) is 17.2 Å². The first-order chi connectivity index (χ1) is 9.80. The molecule has 0 aromatic heterocycles. The Bertz CT molecular complexity index is 763. The fourth-order valence-electron chi connectivity index (χ4n) is 1.86. The summed E-state index contributed by atoms with van der Waals surface area (Å²) in [6, 6.07) is 8.89. The number of sulfonamides is 1. The van der Waals surface area contributed by atoms with Crippen molar-refractivity contribution >= 4 is 15.7 Å². The molecule has 0 saturated carbocycles. The molecule has 0 radical (unpaired) electrons. The van der Waals surface area contributed by atoms with Gasteiger partial charge in [-0.15, -0.1) is 0 Å². The highest BCUT2D eigenvalue weighted by atomic mass is 32.2. The van der Waals surface area contributed by atoms with Crippen LogP contribution in [0.5, 0.6) is 0 Å². The molecule has 0 saturated heterocycles. The molecule has 7 heteroatoms. The van der Waals surface area contributed by atoms with E-state index in [1.54, 1.807) is 6.07 Å². The Kier molecular flexibility index (Phi) is 4.24. The molecule has 2 rings (SSSR count). The zero-order valence-corrected chi connectivity index (χ0v) is 12.1. The standard InChI is InChI=1S/C14H14F2N2O2S/c1-18(9-10-3-2-4-11(15)7-10)21(19,20)14-8-12(17)5-6-13(14)16/h2-8H,9,17H2,1H3. The summed E-state index contributed by atoms with van der Waals surface area (Å²) in [5.74, 6) is -1.34. The number of rotatable bonds is 4. The lowest BCUT2D eigenvalue weighted by molar-refractivity contribution is 0.459. The van der Waals surface area contributed by atoms with Crippen LogP contribution in [0.2, 0.25) is 0 Å². The normalized spacial score (nSPS) is 11.8. The second kappa shape index (κ2) is 5.79. The monoisotopic (exact) mass is 312 g/mol. The Morgan fingerprint density at radius 3 is 2.52 bits per heavy atom. The maximum atomic E-state index is 13.7. The number of nitrogens with two attached hydrogens (primary N) is 1. The third-order valence-electron chi connectivity index (χ3n) is 2.94. The van der Waals surface area contributed by atoms with Crippen molar-refractivity contribution < 1.29 is 17.2 Å². The highest BCUT2D eigenvalue weighted by molar-refractivity contribution is 7.89. The van der Waals surface area contributed by atoms with Crippen LogP contribution in [-0.4, -0.2) is 19.8 Å². The van der Waals surface area contributed by atoms with Crippen LogP contribution in [0.4, 0.5) is 14.5 Å². The first kappa shape index (κ1) is 15.4. The van der Waals surface area contributed by atoms with Crippen molar-refractivity contribution in [3.8, 4) is 0 Å². The van der Waals surface area contributed by atoms with Crippen LogP contribution in [0, 0.1) is 11.6 Å². The molecular formula is C14H14F2N2O2S. The Morgan fingerprint density at radius 1 is 1.14 bits per heavy atom. The predicted octanol–water partition coefficient (Wildman–Crippen LogP) is 2.37. The molecule has 112 valence electrons. The molecule has 0 aliphatic carbocycles. The summed E-state index contributed by atoms with van der Waals surface area (Å²) in [4.78, 5) is -0.499. The maximum Gasteiger partial charge on any atom is 0.246 e. The Labute approximate surface area is 121 Å². The SMILES string of the molecule is CN(Cc1cccc(F)c1)S(=O)(=O)c1cc(N)ccc1F. The van der Waals surface area contributed by atoms with E-state index in [4.69, 9.17) is 5.73 Å². The molecule has 0 heterocycles. The molecule has 0 aliphatic heterocycles. The number of benzene rings is 2. The summed E-state index contributed by atoms with van der Waals surface area (Å²) in [6.07, 6.45) is 0. The molecule has 0 aliphatic rings. The van der Waals surface area contributed by atoms with Crippen molar-refractivity contribution in [3.63, 3.8) is 0 Å². The van der Waals surface area contributed by atoms with Gasteiger partial charge in [-0.2, -0.15) is 4.31 Å². The summed E-state index contributed by atoms with van der Waals surface area (Å²) in [7, 11) is -2.75. The van der Waals surface area contributed by atoms with E-state index in [1.807, 2.05) is 0 Å². The molecule has 0 amide bonds. The van der Waals surface area contributed by atoms with E-state index >= 15 is 0 Å². The quantitative estimate of drug-likeness (QED) is 0.882. The second-order valence-corrected chi connectivity index (χ2v) is 6.59. The molecule has 2 N–H and O–H groups in total. The van der Waals surface area contributed by atoms with Crippen molar-refractivity contribution in [2.24, 2.45) is 0 Å². The third-order valence-corrected chi connectivity index (χ3v) is 4.76. The molecule has 2 aromatic rings. The van der Waals surface area contributed by atoms with E-state index in [-0.39, 0.29) is 12.2 Å². The lowest BCUT2D eigenvalue weighted by Crippen LogP contribution is -2.27. The summed E-state index contributed by atoms with van der Waals surface area (Å²) in [5, 5.41) is 0. The number of hydrogen-bond acceptors (Lipinski definition) is 3. The second-order valence-electron chi connectivity index (χ2n) is 4.58. The topological polar surface area (TPSA) is 63.4 Å². The van der Waals surface area contributed by atoms with Gasteiger partial charge >= 0.3 is 0 Å². The van der Waals surface area contributed by atoms with Crippen LogP contribution in [0.3, 0.4) is 0 Å². The predicted molar refractivity (Wildman–Crippen MR) is 75.9 cm³/mol.